The van der Waals surface area contributed by atoms with Gasteiger partial charge in [-0.2, -0.15) is 0 Å². The zero-order valence-corrected chi connectivity index (χ0v) is 14.9. The summed E-state index contributed by atoms with van der Waals surface area (Å²) in [5.74, 6) is 0.783. The van der Waals surface area contributed by atoms with Crippen LogP contribution in [-0.4, -0.2) is 34.0 Å². The highest BCUT2D eigenvalue weighted by Crippen LogP contribution is 2.31. The van der Waals surface area contributed by atoms with Crippen molar-refractivity contribution in [2.45, 2.75) is 6.42 Å². The summed E-state index contributed by atoms with van der Waals surface area (Å²) in [5.41, 5.74) is 2.60. The van der Waals surface area contributed by atoms with Crippen molar-refractivity contribution in [3.05, 3.63) is 34.2 Å². The van der Waals surface area contributed by atoms with Gasteiger partial charge in [-0.25, -0.2) is 9.97 Å². The monoisotopic (exact) mass is 376 g/mol. The lowest BCUT2D eigenvalue weighted by Gasteiger charge is -2.13. The van der Waals surface area contributed by atoms with Crippen LogP contribution in [0.3, 0.4) is 0 Å². The lowest BCUT2D eigenvalue weighted by molar-refractivity contribution is 0.740. The van der Waals surface area contributed by atoms with Gasteiger partial charge in [-0.05, 0) is 12.5 Å². The van der Waals surface area contributed by atoms with E-state index in [1.807, 2.05) is 16.8 Å². The summed E-state index contributed by atoms with van der Waals surface area (Å²) in [6.45, 7) is 1.78. The number of rotatable bonds is 3. The largest absolute Gasteiger partial charge is 0.356 e. The quantitative estimate of drug-likeness (QED) is 0.728. The molecule has 0 fully saturated rings. The normalized spacial score (nSPS) is 14.1. The zero-order valence-electron chi connectivity index (χ0n) is 12.5. The summed E-state index contributed by atoms with van der Waals surface area (Å²) >= 11 is 9.08. The average Bonchev–Trinajstić information content (AvgIpc) is 3.25. The number of aliphatic imine (C=N–C) groups is 1. The van der Waals surface area contributed by atoms with Gasteiger partial charge in [-0.15, -0.1) is 22.7 Å². The summed E-state index contributed by atoms with van der Waals surface area (Å²) < 4.78 is 0. The van der Waals surface area contributed by atoms with Crippen LogP contribution in [0.15, 0.2) is 34.2 Å². The Kier molecular flexibility index (Phi) is 4.42. The molecule has 0 aromatic carbocycles. The Balaban J connectivity index is 1.53. The van der Waals surface area contributed by atoms with Gasteiger partial charge in [0, 0.05) is 41.8 Å². The molecule has 3 aromatic heterocycles. The van der Waals surface area contributed by atoms with Gasteiger partial charge in [-0.3, -0.25) is 9.98 Å². The van der Waals surface area contributed by atoms with Crippen LogP contribution >= 0.6 is 34.3 Å². The van der Waals surface area contributed by atoms with Crippen LogP contribution in [0, 0.1) is 0 Å². The maximum Gasteiger partial charge on any atom is 0.197 e. The highest BCUT2D eigenvalue weighted by Gasteiger charge is 2.12. The molecule has 1 aliphatic heterocycles. The fourth-order valence-electron chi connectivity index (χ4n) is 2.22. The minimum Gasteiger partial charge on any atom is -0.356 e. The number of halogens is 1. The number of guanidine groups is 1. The first-order valence-corrected chi connectivity index (χ1v) is 9.49. The first kappa shape index (κ1) is 15.5. The van der Waals surface area contributed by atoms with Crippen LogP contribution in [0.2, 0.25) is 5.02 Å². The number of hydrogen-bond acceptors (Lipinski definition) is 8. The molecule has 24 heavy (non-hydrogen) atoms. The van der Waals surface area contributed by atoms with Gasteiger partial charge in [0.1, 0.15) is 16.4 Å². The van der Waals surface area contributed by atoms with Gasteiger partial charge in [0.15, 0.2) is 11.1 Å². The molecule has 4 heterocycles. The topological polar surface area (TPSA) is 75.1 Å². The average molecular weight is 377 g/mol. The fourth-order valence-corrected chi connectivity index (χ4v) is 3.89. The molecule has 6 nitrogen and oxygen atoms in total. The van der Waals surface area contributed by atoms with Crippen LogP contribution in [0.4, 0.5) is 5.13 Å². The summed E-state index contributed by atoms with van der Waals surface area (Å²) in [6.07, 6.45) is 4.43. The van der Waals surface area contributed by atoms with E-state index < -0.39 is 0 Å². The number of anilines is 1. The first-order valence-electron chi connectivity index (χ1n) is 7.35. The summed E-state index contributed by atoms with van der Waals surface area (Å²) in [4.78, 5) is 17.7. The second-order valence-electron chi connectivity index (χ2n) is 5.10. The van der Waals surface area contributed by atoms with Gasteiger partial charge in [0.2, 0.25) is 0 Å². The number of pyridine rings is 1. The predicted octanol–water partition coefficient (Wildman–Crippen LogP) is 3.74. The third-order valence-electron chi connectivity index (χ3n) is 3.35. The Morgan fingerprint density at radius 3 is 2.83 bits per heavy atom. The van der Waals surface area contributed by atoms with Crippen LogP contribution in [0.1, 0.15) is 6.42 Å². The van der Waals surface area contributed by atoms with Crippen molar-refractivity contribution in [2.24, 2.45) is 4.99 Å². The molecular formula is C15H13ClN6S2. The van der Waals surface area contributed by atoms with Gasteiger partial charge in [0.05, 0.1) is 5.02 Å². The first-order chi connectivity index (χ1) is 11.8. The molecule has 4 rings (SSSR count). The third kappa shape index (κ3) is 3.40. The lowest BCUT2D eigenvalue weighted by Crippen LogP contribution is -2.35. The Morgan fingerprint density at radius 1 is 1.12 bits per heavy atom. The van der Waals surface area contributed by atoms with Crippen molar-refractivity contribution < 1.29 is 0 Å². The van der Waals surface area contributed by atoms with E-state index in [1.54, 1.807) is 23.7 Å². The molecule has 1 aliphatic rings. The molecule has 0 radical (unpaired) electrons. The molecule has 0 atom stereocenters. The lowest BCUT2D eigenvalue weighted by atomic mass is 10.3. The van der Waals surface area contributed by atoms with Gasteiger partial charge >= 0.3 is 0 Å². The van der Waals surface area contributed by atoms with E-state index in [-0.39, 0.29) is 0 Å². The van der Waals surface area contributed by atoms with Crippen LogP contribution in [0.25, 0.3) is 22.0 Å². The highest BCUT2D eigenvalue weighted by molar-refractivity contribution is 7.14. The molecule has 0 spiro atoms. The van der Waals surface area contributed by atoms with E-state index in [2.05, 4.69) is 30.6 Å². The highest BCUT2D eigenvalue weighted by atomic mass is 35.5. The molecule has 0 amide bonds. The van der Waals surface area contributed by atoms with E-state index in [0.29, 0.717) is 5.02 Å². The number of thiazole rings is 2. The van der Waals surface area contributed by atoms with Crippen molar-refractivity contribution in [3.63, 3.8) is 0 Å². The Morgan fingerprint density at radius 2 is 2.00 bits per heavy atom. The number of nitrogens with zero attached hydrogens (tertiary/aromatic N) is 4. The number of hydrogen-bond donors (Lipinski definition) is 2. The Labute approximate surface area is 151 Å². The minimum atomic E-state index is 0.602. The summed E-state index contributed by atoms with van der Waals surface area (Å²) in [5, 5.41) is 12.7. The SMILES string of the molecule is Clc1cncc(-c2nc(-c3csc(NC4=NCCCN4)n3)cs2)c1. The molecule has 122 valence electrons. The minimum absolute atomic E-state index is 0.602. The van der Waals surface area contributed by atoms with Gasteiger partial charge in [0.25, 0.3) is 0 Å². The molecule has 3 aromatic rings. The van der Waals surface area contributed by atoms with Gasteiger partial charge < -0.3 is 10.6 Å². The second kappa shape index (κ2) is 6.84. The molecular weight excluding hydrogens is 364 g/mol. The van der Waals surface area contributed by atoms with Gasteiger partial charge in [-0.1, -0.05) is 11.6 Å². The molecule has 2 N–H and O–H groups in total. The zero-order chi connectivity index (χ0) is 16.4. The fraction of sp³-hybridized carbons (Fsp3) is 0.200. The van der Waals surface area contributed by atoms with E-state index in [0.717, 1.165) is 52.6 Å². The van der Waals surface area contributed by atoms with Crippen LogP contribution in [-0.2, 0) is 0 Å². The maximum absolute atomic E-state index is 5.99. The van der Waals surface area contributed by atoms with E-state index >= 15 is 0 Å². The van der Waals surface area contributed by atoms with Crippen molar-refractivity contribution >= 4 is 45.4 Å². The third-order valence-corrected chi connectivity index (χ3v) is 5.20. The Hall–Kier alpha value is -2.03. The Bertz CT molecular complexity index is 887. The van der Waals surface area contributed by atoms with Crippen LogP contribution in [0.5, 0.6) is 0 Å². The summed E-state index contributed by atoms with van der Waals surface area (Å²) in [7, 11) is 0. The molecule has 0 bridgehead atoms. The van der Waals surface area contributed by atoms with Crippen molar-refractivity contribution in [1.29, 1.82) is 0 Å². The van der Waals surface area contributed by atoms with Crippen molar-refractivity contribution in [2.75, 3.05) is 18.4 Å². The van der Waals surface area contributed by atoms with E-state index in [9.17, 15) is 0 Å². The smallest absolute Gasteiger partial charge is 0.197 e. The predicted molar refractivity (Wildman–Crippen MR) is 100 cm³/mol. The number of nitrogens with one attached hydrogen (secondary N) is 2. The molecule has 0 aliphatic carbocycles. The molecule has 9 heteroatoms. The number of aromatic nitrogens is 3. The molecule has 0 saturated heterocycles. The maximum atomic E-state index is 5.99. The van der Waals surface area contributed by atoms with Crippen molar-refractivity contribution in [1.82, 2.24) is 20.3 Å². The second-order valence-corrected chi connectivity index (χ2v) is 7.26. The summed E-state index contributed by atoms with van der Waals surface area (Å²) in [6, 6.07) is 1.86. The van der Waals surface area contributed by atoms with E-state index in [4.69, 9.17) is 11.6 Å². The molecule has 0 unspecified atom stereocenters. The van der Waals surface area contributed by atoms with Crippen molar-refractivity contribution in [3.8, 4) is 22.0 Å². The standard InChI is InChI=1S/C15H13ClN6S2/c16-10-4-9(5-17-6-10)13-20-11(7-23-13)12-8-24-15(21-12)22-14-18-2-1-3-19-14/h4-8H,1-3H2,(H2,18,19,21,22). The van der Waals surface area contributed by atoms with E-state index in [1.165, 1.54) is 11.3 Å². The van der Waals surface area contributed by atoms with Crippen LogP contribution < -0.4 is 10.6 Å². The molecule has 0 saturated carbocycles.